The summed E-state index contributed by atoms with van der Waals surface area (Å²) in [7, 11) is -3.20. The fourth-order valence-corrected chi connectivity index (χ4v) is 5.10. The summed E-state index contributed by atoms with van der Waals surface area (Å²) < 4.78 is 28.6. The number of sulfone groups is 1. The number of nitrogens with zero attached hydrogens (tertiary/aromatic N) is 2. The molecule has 2 heterocycles. The number of ether oxygens (including phenoxy) is 1. The highest BCUT2D eigenvalue weighted by Crippen LogP contribution is 2.22. The summed E-state index contributed by atoms with van der Waals surface area (Å²) in [6, 6.07) is 8.54. The maximum atomic E-state index is 12.5. The van der Waals surface area contributed by atoms with Gasteiger partial charge in [0.1, 0.15) is 5.71 Å². The van der Waals surface area contributed by atoms with Crippen molar-refractivity contribution in [3.63, 3.8) is 0 Å². The van der Waals surface area contributed by atoms with Gasteiger partial charge in [0, 0.05) is 12.8 Å². The zero-order valence-electron chi connectivity index (χ0n) is 16.9. The molecule has 0 aromatic heterocycles. The normalized spacial score (nSPS) is 22.7. The molecule has 3 atom stereocenters. The van der Waals surface area contributed by atoms with E-state index in [0.717, 1.165) is 10.6 Å². The van der Waals surface area contributed by atoms with Crippen LogP contribution in [-0.4, -0.2) is 60.6 Å². The molecule has 0 aliphatic carbocycles. The largest absolute Gasteiger partial charge is 0.448 e. The Morgan fingerprint density at radius 2 is 1.90 bits per heavy atom. The number of rotatable bonds is 6. The Hall–Kier alpha value is -2.75. The lowest BCUT2D eigenvalue weighted by molar-refractivity contribution is -0.149. The van der Waals surface area contributed by atoms with Crippen LogP contribution in [0.3, 0.4) is 0 Å². The number of hydrogen-bond donors (Lipinski definition) is 1. The SMILES string of the molecule is C[C@H](NC(=O)[C@@H](C)OC(=O)C1=NN([C@@H]2CCS(=O)(=O)C2)C(=O)CC1)c1ccccc1. The summed E-state index contributed by atoms with van der Waals surface area (Å²) in [5.41, 5.74) is 0.927. The zero-order chi connectivity index (χ0) is 21.9. The first-order valence-electron chi connectivity index (χ1n) is 9.82. The molecule has 2 aliphatic rings. The van der Waals surface area contributed by atoms with Gasteiger partial charge in [-0.15, -0.1) is 0 Å². The van der Waals surface area contributed by atoms with Gasteiger partial charge in [0.25, 0.3) is 5.91 Å². The lowest BCUT2D eigenvalue weighted by Crippen LogP contribution is -2.43. The summed E-state index contributed by atoms with van der Waals surface area (Å²) in [4.78, 5) is 37.0. The summed E-state index contributed by atoms with van der Waals surface area (Å²) in [6.07, 6.45) is -0.640. The minimum Gasteiger partial charge on any atom is -0.448 e. The van der Waals surface area contributed by atoms with Crippen LogP contribution in [0.25, 0.3) is 0 Å². The Morgan fingerprint density at radius 1 is 1.20 bits per heavy atom. The van der Waals surface area contributed by atoms with Gasteiger partial charge in [-0.2, -0.15) is 5.10 Å². The number of amides is 2. The number of benzene rings is 1. The Balaban J connectivity index is 1.60. The molecule has 2 aliphatic heterocycles. The van der Waals surface area contributed by atoms with Gasteiger partial charge in [-0.25, -0.2) is 18.2 Å². The second-order valence-corrected chi connectivity index (χ2v) is 9.76. The second-order valence-electron chi connectivity index (χ2n) is 7.53. The minimum absolute atomic E-state index is 0.00640. The monoisotopic (exact) mass is 435 g/mol. The summed E-state index contributed by atoms with van der Waals surface area (Å²) in [5, 5.41) is 7.94. The van der Waals surface area contributed by atoms with Gasteiger partial charge >= 0.3 is 5.97 Å². The molecular formula is C20H25N3O6S. The average molecular weight is 436 g/mol. The van der Waals surface area contributed by atoms with Crippen LogP contribution >= 0.6 is 0 Å². The van der Waals surface area contributed by atoms with Crippen molar-refractivity contribution in [3.8, 4) is 0 Å². The lowest BCUT2D eigenvalue weighted by atomic mass is 10.1. The molecule has 0 saturated carbocycles. The van der Waals surface area contributed by atoms with Crippen LogP contribution in [0.15, 0.2) is 35.4 Å². The third-order valence-electron chi connectivity index (χ3n) is 5.16. The molecule has 0 spiro atoms. The van der Waals surface area contributed by atoms with E-state index in [2.05, 4.69) is 10.4 Å². The Kier molecular flexibility index (Phi) is 6.55. The third kappa shape index (κ3) is 5.24. The van der Waals surface area contributed by atoms with Crippen molar-refractivity contribution in [1.29, 1.82) is 0 Å². The van der Waals surface area contributed by atoms with E-state index in [9.17, 15) is 22.8 Å². The Morgan fingerprint density at radius 3 is 2.53 bits per heavy atom. The van der Waals surface area contributed by atoms with E-state index in [1.807, 2.05) is 37.3 Å². The molecule has 1 aromatic rings. The summed E-state index contributed by atoms with van der Waals surface area (Å²) in [6.45, 7) is 3.28. The highest BCUT2D eigenvalue weighted by Gasteiger charge is 2.38. The van der Waals surface area contributed by atoms with Crippen LogP contribution in [0.5, 0.6) is 0 Å². The van der Waals surface area contributed by atoms with Crippen LogP contribution in [0.2, 0.25) is 0 Å². The van der Waals surface area contributed by atoms with Crippen molar-refractivity contribution in [2.24, 2.45) is 5.10 Å². The van der Waals surface area contributed by atoms with Gasteiger partial charge in [-0.3, -0.25) is 9.59 Å². The number of esters is 1. The molecule has 0 radical (unpaired) electrons. The quantitative estimate of drug-likeness (QED) is 0.664. The zero-order valence-corrected chi connectivity index (χ0v) is 17.7. The standard InChI is InChI=1S/C20H25N3O6S/c1-13(15-6-4-3-5-7-15)21-19(25)14(2)29-20(26)17-8-9-18(24)23(22-17)16-10-11-30(27,28)12-16/h3-7,13-14,16H,8-12H2,1-2H3,(H,21,25)/t13-,14+,16+/m0/s1. The predicted molar refractivity (Wildman–Crippen MR) is 109 cm³/mol. The van der Waals surface area contributed by atoms with Crippen LogP contribution in [0.1, 0.15) is 44.7 Å². The molecule has 1 fully saturated rings. The third-order valence-corrected chi connectivity index (χ3v) is 6.91. The van der Waals surface area contributed by atoms with Gasteiger partial charge in [-0.1, -0.05) is 30.3 Å². The Bertz CT molecular complexity index is 960. The van der Waals surface area contributed by atoms with Crippen molar-refractivity contribution in [2.45, 2.75) is 51.3 Å². The Labute approximate surface area is 175 Å². The predicted octanol–water partition coefficient (Wildman–Crippen LogP) is 0.961. The van der Waals surface area contributed by atoms with E-state index in [1.54, 1.807) is 0 Å². The first-order valence-corrected chi connectivity index (χ1v) is 11.6. The molecule has 0 unspecified atom stereocenters. The number of nitrogens with one attached hydrogen (secondary N) is 1. The van der Waals surface area contributed by atoms with Crippen molar-refractivity contribution >= 4 is 33.3 Å². The van der Waals surface area contributed by atoms with Crippen LogP contribution in [0.4, 0.5) is 0 Å². The molecule has 162 valence electrons. The van der Waals surface area contributed by atoms with Crippen molar-refractivity contribution in [3.05, 3.63) is 35.9 Å². The van der Waals surface area contributed by atoms with Crippen LogP contribution < -0.4 is 5.32 Å². The second kappa shape index (κ2) is 8.95. The molecule has 9 nitrogen and oxygen atoms in total. The van der Waals surface area contributed by atoms with E-state index in [0.29, 0.717) is 0 Å². The van der Waals surface area contributed by atoms with Gasteiger partial charge in [0.2, 0.25) is 5.91 Å². The first-order chi connectivity index (χ1) is 14.2. The van der Waals surface area contributed by atoms with Crippen molar-refractivity contribution < 1.29 is 27.5 Å². The van der Waals surface area contributed by atoms with E-state index in [1.165, 1.54) is 6.92 Å². The van der Waals surface area contributed by atoms with Crippen molar-refractivity contribution in [2.75, 3.05) is 11.5 Å². The van der Waals surface area contributed by atoms with Crippen molar-refractivity contribution in [1.82, 2.24) is 10.3 Å². The highest BCUT2D eigenvalue weighted by atomic mass is 32.2. The smallest absolute Gasteiger partial charge is 0.355 e. The molecule has 1 aromatic carbocycles. The molecule has 3 rings (SSSR count). The van der Waals surface area contributed by atoms with Gasteiger partial charge < -0.3 is 10.1 Å². The fourth-order valence-electron chi connectivity index (χ4n) is 3.41. The van der Waals surface area contributed by atoms with E-state index >= 15 is 0 Å². The van der Waals surface area contributed by atoms with Gasteiger partial charge in [0.05, 0.1) is 23.6 Å². The van der Waals surface area contributed by atoms with E-state index in [4.69, 9.17) is 4.74 Å². The first kappa shape index (κ1) is 21.9. The summed E-state index contributed by atoms with van der Waals surface area (Å²) >= 11 is 0. The maximum absolute atomic E-state index is 12.5. The highest BCUT2D eigenvalue weighted by molar-refractivity contribution is 7.91. The number of carbonyl (C=O) groups excluding carboxylic acids is 3. The fraction of sp³-hybridized carbons (Fsp3) is 0.500. The molecular weight excluding hydrogens is 410 g/mol. The van der Waals surface area contributed by atoms with E-state index < -0.39 is 33.9 Å². The molecule has 30 heavy (non-hydrogen) atoms. The van der Waals surface area contributed by atoms with Crippen LogP contribution in [-0.2, 0) is 29.0 Å². The number of hydrogen-bond acceptors (Lipinski definition) is 7. The molecule has 1 N–H and O–H groups in total. The number of hydrazone groups is 1. The lowest BCUT2D eigenvalue weighted by Gasteiger charge is -2.27. The maximum Gasteiger partial charge on any atom is 0.355 e. The topological polar surface area (TPSA) is 122 Å². The molecule has 10 heteroatoms. The van der Waals surface area contributed by atoms with Gasteiger partial charge in [-0.05, 0) is 25.8 Å². The average Bonchev–Trinajstić information content (AvgIpc) is 3.08. The van der Waals surface area contributed by atoms with Crippen LogP contribution in [0, 0.1) is 0 Å². The minimum atomic E-state index is -3.20. The molecule has 0 bridgehead atoms. The van der Waals surface area contributed by atoms with E-state index in [-0.39, 0.29) is 48.4 Å². The van der Waals surface area contributed by atoms with Gasteiger partial charge in [0.15, 0.2) is 15.9 Å². The molecule has 1 saturated heterocycles. The summed E-state index contributed by atoms with van der Waals surface area (Å²) in [5.74, 6) is -1.74. The molecule has 2 amide bonds. The number of carbonyl (C=O) groups is 3.